The van der Waals surface area contributed by atoms with Crippen LogP contribution in [0.25, 0.3) is 11.5 Å². The van der Waals surface area contributed by atoms with E-state index in [0.29, 0.717) is 11.5 Å². The van der Waals surface area contributed by atoms with Crippen LogP contribution in [0, 0.1) is 6.07 Å². The normalized spacial score (nSPS) is 10.2. The van der Waals surface area contributed by atoms with E-state index >= 15 is 0 Å². The Morgan fingerprint density at radius 3 is 2.69 bits per heavy atom. The lowest BCUT2D eigenvalue weighted by Crippen LogP contribution is -1.91. The fourth-order valence-electron chi connectivity index (χ4n) is 1.00. The highest BCUT2D eigenvalue weighted by atomic mass is 15.1. The van der Waals surface area contributed by atoms with E-state index in [1.165, 1.54) is 0 Å². The molecule has 0 bridgehead atoms. The number of nitrogens with one attached hydrogen (secondary N) is 1. The summed E-state index contributed by atoms with van der Waals surface area (Å²) in [6.07, 6.45) is 6.20. The molecule has 2 heterocycles. The maximum Gasteiger partial charge on any atom is 0.180 e. The summed E-state index contributed by atoms with van der Waals surface area (Å²) >= 11 is 0. The quantitative estimate of drug-likeness (QED) is 0.743. The number of rotatable bonds is 2. The van der Waals surface area contributed by atoms with E-state index in [1.54, 1.807) is 6.20 Å². The summed E-state index contributed by atoms with van der Waals surface area (Å²) in [5.74, 6) is 0.610. The van der Waals surface area contributed by atoms with Crippen LogP contribution in [0.15, 0.2) is 18.6 Å². The van der Waals surface area contributed by atoms with Gasteiger partial charge in [0.05, 0.1) is 0 Å². The lowest BCUT2D eigenvalue weighted by atomic mass is 10.3. The second-order valence-corrected chi connectivity index (χ2v) is 2.65. The summed E-state index contributed by atoms with van der Waals surface area (Å²) in [7, 11) is 0. The fraction of sp³-hybridized carbons (Fsp3) is 0.222. The molecule has 65 valence electrons. The number of aromatic nitrogens is 4. The lowest BCUT2D eigenvalue weighted by molar-refractivity contribution is 1.02. The smallest absolute Gasteiger partial charge is 0.180 e. The van der Waals surface area contributed by atoms with Gasteiger partial charge < -0.3 is 0 Å². The van der Waals surface area contributed by atoms with Crippen LogP contribution in [-0.4, -0.2) is 20.2 Å². The molecule has 0 amide bonds. The minimum atomic E-state index is 0.610. The molecule has 4 heteroatoms. The summed E-state index contributed by atoms with van der Waals surface area (Å²) in [5.41, 5.74) is 1.78. The summed E-state index contributed by atoms with van der Waals surface area (Å²) in [4.78, 5) is 8.33. The Kier molecular flexibility index (Phi) is 2.04. The predicted octanol–water partition coefficient (Wildman–Crippen LogP) is 1.23. The summed E-state index contributed by atoms with van der Waals surface area (Å²) in [5, 5.41) is 6.61. The van der Waals surface area contributed by atoms with Crippen LogP contribution in [0.4, 0.5) is 0 Å². The van der Waals surface area contributed by atoms with Gasteiger partial charge in [0, 0.05) is 24.7 Å². The minimum absolute atomic E-state index is 0.610. The zero-order valence-corrected chi connectivity index (χ0v) is 7.28. The fourth-order valence-corrected chi connectivity index (χ4v) is 1.00. The molecular formula is C9H9N4. The van der Waals surface area contributed by atoms with E-state index in [-0.39, 0.29) is 0 Å². The Morgan fingerprint density at radius 2 is 2.15 bits per heavy atom. The largest absolute Gasteiger partial charge is 0.284 e. The zero-order valence-electron chi connectivity index (χ0n) is 7.28. The number of hydrogen-bond acceptors (Lipinski definition) is 3. The van der Waals surface area contributed by atoms with Crippen molar-refractivity contribution >= 4 is 0 Å². The van der Waals surface area contributed by atoms with Gasteiger partial charge in [0.1, 0.15) is 5.69 Å². The summed E-state index contributed by atoms with van der Waals surface area (Å²) in [6.45, 7) is 2.07. The van der Waals surface area contributed by atoms with Crippen LogP contribution in [0.2, 0.25) is 0 Å². The number of H-pyrrole nitrogens is 1. The van der Waals surface area contributed by atoms with Gasteiger partial charge in [0.2, 0.25) is 0 Å². The molecule has 0 aromatic carbocycles. The Labute approximate surface area is 76.1 Å². The first-order chi connectivity index (χ1) is 6.40. The van der Waals surface area contributed by atoms with Crippen LogP contribution in [0.3, 0.4) is 0 Å². The van der Waals surface area contributed by atoms with Gasteiger partial charge in [-0.3, -0.25) is 5.10 Å². The molecule has 1 radical (unpaired) electrons. The van der Waals surface area contributed by atoms with Crippen molar-refractivity contribution in [3.63, 3.8) is 0 Å². The maximum atomic E-state index is 4.17. The van der Waals surface area contributed by atoms with Crippen LogP contribution < -0.4 is 0 Å². The number of nitrogens with zero attached hydrogens (tertiary/aromatic N) is 3. The molecule has 13 heavy (non-hydrogen) atoms. The molecule has 0 fully saturated rings. The summed E-state index contributed by atoms with van der Waals surface area (Å²) < 4.78 is 0. The van der Waals surface area contributed by atoms with Gasteiger partial charge in [-0.1, -0.05) is 6.92 Å². The molecule has 2 aromatic heterocycles. The van der Waals surface area contributed by atoms with Gasteiger partial charge in [0.15, 0.2) is 5.82 Å². The third-order valence-electron chi connectivity index (χ3n) is 1.78. The third kappa shape index (κ3) is 1.56. The molecule has 2 aromatic rings. The highest BCUT2D eigenvalue weighted by Gasteiger charge is 2.02. The first-order valence-electron chi connectivity index (χ1n) is 4.13. The van der Waals surface area contributed by atoms with E-state index in [4.69, 9.17) is 0 Å². The first-order valence-corrected chi connectivity index (χ1v) is 4.13. The standard InChI is InChI=1S/C9H9N4/c1-2-7-5-10-9(11-6-7)8-3-4-12-13-8/h4-6H,2H2,1H3,(H,12,13). The Hall–Kier alpha value is -1.71. The Bertz CT molecular complexity index is 363. The molecule has 0 aliphatic heterocycles. The van der Waals surface area contributed by atoms with Gasteiger partial charge >= 0.3 is 0 Å². The van der Waals surface area contributed by atoms with Gasteiger partial charge in [-0.2, -0.15) is 5.10 Å². The van der Waals surface area contributed by atoms with Crippen molar-refractivity contribution < 1.29 is 0 Å². The van der Waals surface area contributed by atoms with E-state index in [9.17, 15) is 0 Å². The molecule has 0 aliphatic rings. The van der Waals surface area contributed by atoms with Crippen molar-refractivity contribution in [3.8, 4) is 11.5 Å². The van der Waals surface area contributed by atoms with Gasteiger partial charge in [-0.25, -0.2) is 9.97 Å². The van der Waals surface area contributed by atoms with Crippen molar-refractivity contribution in [3.05, 3.63) is 30.2 Å². The van der Waals surface area contributed by atoms with Crippen molar-refractivity contribution in [1.29, 1.82) is 0 Å². The molecule has 1 N–H and O–H groups in total. The van der Waals surface area contributed by atoms with Crippen molar-refractivity contribution in [2.24, 2.45) is 0 Å². The number of aromatic amines is 1. The number of hydrogen-bond donors (Lipinski definition) is 1. The first kappa shape index (κ1) is 7.91. The lowest BCUT2D eigenvalue weighted by Gasteiger charge is -1.96. The van der Waals surface area contributed by atoms with Crippen molar-refractivity contribution in [2.45, 2.75) is 13.3 Å². The monoisotopic (exact) mass is 173 g/mol. The third-order valence-corrected chi connectivity index (χ3v) is 1.78. The van der Waals surface area contributed by atoms with Crippen molar-refractivity contribution in [1.82, 2.24) is 20.2 Å². The Morgan fingerprint density at radius 1 is 1.38 bits per heavy atom. The van der Waals surface area contributed by atoms with Crippen LogP contribution in [-0.2, 0) is 6.42 Å². The molecular weight excluding hydrogens is 164 g/mol. The molecule has 0 atom stereocenters. The van der Waals surface area contributed by atoms with E-state index in [1.807, 2.05) is 12.4 Å². The van der Waals surface area contributed by atoms with Crippen molar-refractivity contribution in [2.75, 3.05) is 0 Å². The molecule has 4 nitrogen and oxygen atoms in total. The second-order valence-electron chi connectivity index (χ2n) is 2.65. The average Bonchev–Trinajstić information content (AvgIpc) is 2.71. The highest BCUT2D eigenvalue weighted by molar-refractivity contribution is 5.46. The molecule has 0 saturated carbocycles. The summed E-state index contributed by atoms with van der Waals surface area (Å²) in [6, 6.07) is 2.90. The molecule has 0 spiro atoms. The van der Waals surface area contributed by atoms with Gasteiger partial charge in [0.25, 0.3) is 0 Å². The van der Waals surface area contributed by atoms with E-state index in [2.05, 4.69) is 33.2 Å². The van der Waals surface area contributed by atoms with E-state index < -0.39 is 0 Å². The topological polar surface area (TPSA) is 54.5 Å². The van der Waals surface area contributed by atoms with Crippen LogP contribution in [0.5, 0.6) is 0 Å². The predicted molar refractivity (Wildman–Crippen MR) is 47.8 cm³/mol. The highest BCUT2D eigenvalue weighted by Crippen LogP contribution is 2.08. The molecule has 0 saturated heterocycles. The van der Waals surface area contributed by atoms with E-state index in [0.717, 1.165) is 12.0 Å². The van der Waals surface area contributed by atoms with Gasteiger partial charge in [-0.15, -0.1) is 0 Å². The molecule has 0 unspecified atom stereocenters. The average molecular weight is 173 g/mol. The minimum Gasteiger partial charge on any atom is -0.284 e. The second kappa shape index (κ2) is 3.35. The van der Waals surface area contributed by atoms with Crippen LogP contribution >= 0.6 is 0 Å². The Balaban J connectivity index is 2.33. The number of aryl methyl sites for hydroxylation is 1. The molecule has 2 rings (SSSR count). The molecule has 0 aliphatic carbocycles. The van der Waals surface area contributed by atoms with Gasteiger partial charge in [-0.05, 0) is 12.0 Å². The van der Waals surface area contributed by atoms with Crippen LogP contribution in [0.1, 0.15) is 12.5 Å². The SMILES string of the molecule is CCc1cnc(-c2[c]c[nH]n2)nc1. The zero-order chi connectivity index (χ0) is 9.10. The maximum absolute atomic E-state index is 4.17.